The van der Waals surface area contributed by atoms with E-state index in [0.29, 0.717) is 43.0 Å². The first-order chi connectivity index (χ1) is 13.5. The molecule has 3 aromatic rings. The van der Waals surface area contributed by atoms with Crippen molar-refractivity contribution in [3.8, 4) is 0 Å². The number of hydrogen-bond donors (Lipinski definition) is 1. The summed E-state index contributed by atoms with van der Waals surface area (Å²) in [7, 11) is 0. The number of amides is 1. The Balaban J connectivity index is 1.62. The summed E-state index contributed by atoms with van der Waals surface area (Å²) >= 11 is 0. The highest BCUT2D eigenvalue weighted by Gasteiger charge is 2.16. The second kappa shape index (κ2) is 7.37. The number of nitrogens with one attached hydrogen (secondary N) is 1. The number of carbonyl (C=O) groups is 1. The quantitative estimate of drug-likeness (QED) is 0.417. The number of non-ortho nitro benzene ring substituents is 1. The Bertz CT molecular complexity index is 1130. The minimum Gasteiger partial charge on any atom is -0.456 e. The molecule has 1 aliphatic heterocycles. The Morgan fingerprint density at radius 2 is 1.89 bits per heavy atom. The Hall–Kier alpha value is -3.30. The Morgan fingerprint density at radius 3 is 2.64 bits per heavy atom. The molecule has 1 aliphatic rings. The van der Waals surface area contributed by atoms with Crippen molar-refractivity contribution < 1.29 is 18.9 Å². The van der Waals surface area contributed by atoms with Crippen LogP contribution in [0.2, 0.25) is 0 Å². The minimum absolute atomic E-state index is 0.144. The average molecular weight is 383 g/mol. The molecule has 0 unspecified atom stereocenters. The van der Waals surface area contributed by atoms with Crippen molar-refractivity contribution in [2.24, 2.45) is 0 Å². The van der Waals surface area contributed by atoms with E-state index in [1.54, 1.807) is 18.2 Å². The van der Waals surface area contributed by atoms with Crippen LogP contribution in [-0.2, 0) is 9.53 Å². The van der Waals surface area contributed by atoms with Crippen molar-refractivity contribution in [2.75, 3.05) is 38.2 Å². The van der Waals surface area contributed by atoms with E-state index in [0.717, 1.165) is 0 Å². The normalized spacial score (nSPS) is 15.0. The lowest BCUT2D eigenvalue weighted by Crippen LogP contribution is -2.41. The molecule has 1 aromatic heterocycles. The molecule has 1 amide bonds. The topological polar surface area (TPSA) is 115 Å². The van der Waals surface area contributed by atoms with Crippen LogP contribution in [-0.4, -0.2) is 48.6 Å². The number of fused-ring (bicyclic) bond motifs is 2. The van der Waals surface area contributed by atoms with Crippen LogP contribution >= 0.6 is 0 Å². The Morgan fingerprint density at radius 1 is 1.11 bits per heavy atom. The van der Waals surface area contributed by atoms with Crippen molar-refractivity contribution in [2.45, 2.75) is 0 Å². The van der Waals surface area contributed by atoms with Crippen molar-refractivity contribution in [1.29, 1.82) is 0 Å². The third kappa shape index (κ3) is 3.57. The van der Waals surface area contributed by atoms with Crippen LogP contribution in [0, 0.1) is 10.1 Å². The second-order valence-corrected chi connectivity index (χ2v) is 6.52. The molecule has 9 nitrogen and oxygen atoms in total. The molecule has 1 saturated heterocycles. The van der Waals surface area contributed by atoms with Gasteiger partial charge in [0.25, 0.3) is 5.69 Å². The van der Waals surface area contributed by atoms with Gasteiger partial charge in [-0.1, -0.05) is 0 Å². The van der Waals surface area contributed by atoms with Gasteiger partial charge in [0, 0.05) is 37.0 Å². The summed E-state index contributed by atoms with van der Waals surface area (Å²) in [5.74, 6) is -0.167. The largest absolute Gasteiger partial charge is 0.456 e. The highest BCUT2D eigenvalue weighted by Crippen LogP contribution is 2.24. The minimum atomic E-state index is -0.559. The molecule has 2 heterocycles. The van der Waals surface area contributed by atoms with Gasteiger partial charge in [-0.05, 0) is 18.2 Å². The average Bonchev–Trinajstić information content (AvgIpc) is 2.68. The molecule has 144 valence electrons. The summed E-state index contributed by atoms with van der Waals surface area (Å²) in [6.45, 7) is 2.89. The van der Waals surface area contributed by atoms with E-state index in [4.69, 9.17) is 9.15 Å². The van der Waals surface area contributed by atoms with E-state index in [-0.39, 0.29) is 34.5 Å². The number of nitrogens with zero attached hydrogens (tertiary/aromatic N) is 2. The van der Waals surface area contributed by atoms with E-state index in [1.807, 2.05) is 4.90 Å². The van der Waals surface area contributed by atoms with Gasteiger partial charge in [-0.15, -0.1) is 0 Å². The number of carbonyl (C=O) groups excluding carboxylic acids is 1. The number of anilines is 1. The monoisotopic (exact) mass is 383 g/mol. The van der Waals surface area contributed by atoms with E-state index in [1.165, 1.54) is 18.2 Å². The second-order valence-electron chi connectivity index (χ2n) is 6.52. The fourth-order valence-corrected chi connectivity index (χ4v) is 3.20. The van der Waals surface area contributed by atoms with Gasteiger partial charge in [0.2, 0.25) is 11.3 Å². The molecule has 0 bridgehead atoms. The zero-order valence-corrected chi connectivity index (χ0v) is 14.8. The van der Waals surface area contributed by atoms with E-state index >= 15 is 0 Å². The molecule has 4 rings (SSSR count). The van der Waals surface area contributed by atoms with Gasteiger partial charge in [-0.3, -0.25) is 24.6 Å². The number of nitro benzene ring substituents is 1. The van der Waals surface area contributed by atoms with Crippen LogP contribution in [0.5, 0.6) is 0 Å². The summed E-state index contributed by atoms with van der Waals surface area (Å²) < 4.78 is 11.0. The highest BCUT2D eigenvalue weighted by molar-refractivity contribution is 5.96. The van der Waals surface area contributed by atoms with E-state index in [9.17, 15) is 19.7 Å². The number of morpholine rings is 1. The lowest BCUT2D eigenvalue weighted by Gasteiger charge is -2.25. The summed E-state index contributed by atoms with van der Waals surface area (Å²) in [4.78, 5) is 37.3. The molecule has 28 heavy (non-hydrogen) atoms. The summed E-state index contributed by atoms with van der Waals surface area (Å²) in [5.41, 5.74) is 0.530. The third-order valence-corrected chi connectivity index (χ3v) is 4.62. The van der Waals surface area contributed by atoms with Crippen molar-refractivity contribution in [3.63, 3.8) is 0 Å². The van der Waals surface area contributed by atoms with Crippen LogP contribution in [0.1, 0.15) is 0 Å². The first-order valence-electron chi connectivity index (χ1n) is 8.76. The van der Waals surface area contributed by atoms with Crippen LogP contribution < -0.4 is 10.7 Å². The van der Waals surface area contributed by atoms with E-state index in [2.05, 4.69) is 5.32 Å². The van der Waals surface area contributed by atoms with Gasteiger partial charge >= 0.3 is 0 Å². The fourth-order valence-electron chi connectivity index (χ4n) is 3.20. The predicted molar refractivity (Wildman–Crippen MR) is 103 cm³/mol. The summed E-state index contributed by atoms with van der Waals surface area (Å²) in [6, 6.07) is 8.62. The van der Waals surface area contributed by atoms with Crippen LogP contribution in [0.3, 0.4) is 0 Å². The van der Waals surface area contributed by atoms with Gasteiger partial charge in [-0.2, -0.15) is 0 Å². The maximum absolute atomic E-state index is 12.7. The standard InChI is InChI=1S/C19H17N3O6/c23-18(11-21-5-7-27-8-6-21)20-12-1-3-14-17(9-12)28-16-4-2-13(22(25)26)10-15(16)19(14)24/h1-4,9-10H,5-8,11H2,(H,20,23). The van der Waals surface area contributed by atoms with Crippen LogP contribution in [0.4, 0.5) is 11.4 Å². The lowest BCUT2D eigenvalue weighted by atomic mass is 10.1. The first kappa shape index (κ1) is 18.1. The maximum atomic E-state index is 12.7. The number of ether oxygens (including phenoxy) is 1. The SMILES string of the molecule is O=C(CN1CCOCC1)Nc1ccc2c(=O)c3cc([N+](=O)[O-])ccc3oc2c1. The molecule has 1 fully saturated rings. The van der Waals surface area contributed by atoms with Crippen molar-refractivity contribution in [3.05, 3.63) is 56.7 Å². The Kier molecular flexibility index (Phi) is 4.76. The first-order valence-corrected chi connectivity index (χ1v) is 8.76. The smallest absolute Gasteiger partial charge is 0.270 e. The highest BCUT2D eigenvalue weighted by atomic mass is 16.6. The zero-order valence-electron chi connectivity index (χ0n) is 14.8. The molecule has 0 aliphatic carbocycles. The summed E-state index contributed by atoms with van der Waals surface area (Å²) in [5, 5.41) is 14.2. The molecule has 1 N–H and O–H groups in total. The molecule has 2 aromatic carbocycles. The fraction of sp³-hybridized carbons (Fsp3) is 0.263. The van der Waals surface area contributed by atoms with Crippen molar-refractivity contribution in [1.82, 2.24) is 4.90 Å². The number of hydrogen-bond acceptors (Lipinski definition) is 7. The number of rotatable bonds is 4. The van der Waals surface area contributed by atoms with Crippen LogP contribution in [0.15, 0.2) is 45.6 Å². The molecule has 0 atom stereocenters. The molecule has 0 saturated carbocycles. The number of benzene rings is 2. The molecule has 0 spiro atoms. The molecular weight excluding hydrogens is 366 g/mol. The zero-order chi connectivity index (χ0) is 19.7. The lowest BCUT2D eigenvalue weighted by molar-refractivity contribution is -0.384. The third-order valence-electron chi connectivity index (χ3n) is 4.62. The van der Waals surface area contributed by atoms with Gasteiger partial charge in [-0.25, -0.2) is 0 Å². The molecule has 9 heteroatoms. The summed E-state index contributed by atoms with van der Waals surface area (Å²) in [6.07, 6.45) is 0. The van der Waals surface area contributed by atoms with Gasteiger partial charge < -0.3 is 14.5 Å². The van der Waals surface area contributed by atoms with Gasteiger partial charge in [0.15, 0.2) is 0 Å². The Labute approximate surface area is 158 Å². The molecular formula is C19H17N3O6. The predicted octanol–water partition coefficient (Wildman–Crippen LogP) is 2.13. The van der Waals surface area contributed by atoms with Crippen molar-refractivity contribution >= 4 is 39.2 Å². The number of nitro groups is 1. The van der Waals surface area contributed by atoms with Crippen LogP contribution in [0.25, 0.3) is 21.9 Å². The molecule has 0 radical (unpaired) electrons. The van der Waals surface area contributed by atoms with Gasteiger partial charge in [0.05, 0.1) is 35.5 Å². The van der Waals surface area contributed by atoms with E-state index < -0.39 is 4.92 Å². The maximum Gasteiger partial charge on any atom is 0.270 e. The van der Waals surface area contributed by atoms with Gasteiger partial charge in [0.1, 0.15) is 11.2 Å².